The second kappa shape index (κ2) is 6.06. The van der Waals surface area contributed by atoms with E-state index in [0.717, 1.165) is 0 Å². The van der Waals surface area contributed by atoms with Crippen molar-refractivity contribution >= 4 is 17.5 Å². The van der Waals surface area contributed by atoms with E-state index in [1.807, 2.05) is 18.2 Å². The lowest BCUT2D eigenvalue weighted by atomic mass is 9.84. The van der Waals surface area contributed by atoms with Crippen LogP contribution in [0.4, 0.5) is 0 Å². The molecule has 0 spiro atoms. The standard InChI is InChI=1S/C16H17ClN2O/c1-16(2,12-6-4-3-5-7-12)11-19-15(20)13-10-18-9-8-14(13)17/h3-10H,11H2,1-2H3,(H,19,20). The number of carbonyl (C=O) groups is 1. The number of nitrogens with zero attached hydrogens (tertiary/aromatic N) is 1. The van der Waals surface area contributed by atoms with Crippen molar-refractivity contribution in [1.29, 1.82) is 0 Å². The molecule has 0 aliphatic heterocycles. The van der Waals surface area contributed by atoms with Gasteiger partial charge in [0, 0.05) is 24.4 Å². The predicted octanol–water partition coefficient (Wildman–Crippen LogP) is 3.44. The van der Waals surface area contributed by atoms with Crippen LogP contribution in [0.2, 0.25) is 5.02 Å². The molecule has 0 unspecified atom stereocenters. The zero-order valence-electron chi connectivity index (χ0n) is 11.6. The van der Waals surface area contributed by atoms with E-state index in [4.69, 9.17) is 11.6 Å². The van der Waals surface area contributed by atoms with Crippen molar-refractivity contribution in [2.75, 3.05) is 6.54 Å². The molecule has 0 radical (unpaired) electrons. The average molecular weight is 289 g/mol. The lowest BCUT2D eigenvalue weighted by Gasteiger charge is -2.25. The minimum Gasteiger partial charge on any atom is -0.351 e. The predicted molar refractivity (Wildman–Crippen MR) is 81.0 cm³/mol. The third kappa shape index (κ3) is 3.36. The topological polar surface area (TPSA) is 42.0 Å². The van der Waals surface area contributed by atoms with Gasteiger partial charge in [-0.1, -0.05) is 55.8 Å². The van der Waals surface area contributed by atoms with E-state index in [2.05, 4.69) is 36.3 Å². The first kappa shape index (κ1) is 14.5. The third-order valence-electron chi connectivity index (χ3n) is 3.26. The third-order valence-corrected chi connectivity index (χ3v) is 3.59. The molecule has 3 nitrogen and oxygen atoms in total. The van der Waals surface area contributed by atoms with Crippen LogP contribution in [-0.4, -0.2) is 17.4 Å². The van der Waals surface area contributed by atoms with Gasteiger partial charge < -0.3 is 5.32 Å². The van der Waals surface area contributed by atoms with Crippen LogP contribution < -0.4 is 5.32 Å². The van der Waals surface area contributed by atoms with Crippen LogP contribution in [0.15, 0.2) is 48.8 Å². The molecule has 0 fully saturated rings. The van der Waals surface area contributed by atoms with Crippen molar-refractivity contribution in [1.82, 2.24) is 10.3 Å². The zero-order chi connectivity index (χ0) is 14.6. The van der Waals surface area contributed by atoms with E-state index in [-0.39, 0.29) is 11.3 Å². The summed E-state index contributed by atoms with van der Waals surface area (Å²) in [6, 6.07) is 11.7. The SMILES string of the molecule is CC(C)(CNC(=O)c1cnccc1Cl)c1ccccc1. The molecule has 1 amide bonds. The molecule has 1 heterocycles. The van der Waals surface area contributed by atoms with Gasteiger partial charge in [0.15, 0.2) is 0 Å². The van der Waals surface area contributed by atoms with Gasteiger partial charge in [0.2, 0.25) is 0 Å². The Balaban J connectivity index is 2.05. The highest BCUT2D eigenvalue weighted by molar-refractivity contribution is 6.33. The maximum Gasteiger partial charge on any atom is 0.254 e. The van der Waals surface area contributed by atoms with Crippen LogP contribution >= 0.6 is 11.6 Å². The molecule has 4 heteroatoms. The number of amides is 1. The van der Waals surface area contributed by atoms with Crippen LogP contribution in [0.3, 0.4) is 0 Å². The normalized spacial score (nSPS) is 11.2. The smallest absolute Gasteiger partial charge is 0.254 e. The quantitative estimate of drug-likeness (QED) is 0.936. The summed E-state index contributed by atoms with van der Waals surface area (Å²) in [4.78, 5) is 16.0. The highest BCUT2D eigenvalue weighted by atomic mass is 35.5. The van der Waals surface area contributed by atoms with E-state index in [9.17, 15) is 4.79 Å². The number of nitrogens with one attached hydrogen (secondary N) is 1. The molecule has 0 atom stereocenters. The number of carbonyl (C=O) groups excluding carboxylic acids is 1. The first-order valence-corrected chi connectivity index (χ1v) is 6.82. The summed E-state index contributed by atoms with van der Waals surface area (Å²) in [5.74, 6) is -0.202. The van der Waals surface area contributed by atoms with Gasteiger partial charge in [-0.3, -0.25) is 9.78 Å². The molecule has 1 N–H and O–H groups in total. The monoisotopic (exact) mass is 288 g/mol. The Morgan fingerprint density at radius 2 is 1.95 bits per heavy atom. The maximum atomic E-state index is 12.1. The minimum absolute atomic E-state index is 0.147. The second-order valence-electron chi connectivity index (χ2n) is 5.29. The Labute approximate surface area is 124 Å². The zero-order valence-corrected chi connectivity index (χ0v) is 12.3. The average Bonchev–Trinajstić information content (AvgIpc) is 2.46. The van der Waals surface area contributed by atoms with Gasteiger partial charge in [-0.05, 0) is 11.6 Å². The molecular formula is C16H17ClN2O. The summed E-state index contributed by atoms with van der Waals surface area (Å²) in [5.41, 5.74) is 1.43. The number of halogens is 1. The second-order valence-corrected chi connectivity index (χ2v) is 5.70. The van der Waals surface area contributed by atoms with Crippen LogP contribution in [0.25, 0.3) is 0 Å². The summed E-state index contributed by atoms with van der Waals surface area (Å²) >= 11 is 5.99. The highest BCUT2D eigenvalue weighted by Crippen LogP contribution is 2.22. The fraction of sp³-hybridized carbons (Fsp3) is 0.250. The summed E-state index contributed by atoms with van der Waals surface area (Å²) in [6.07, 6.45) is 3.04. The van der Waals surface area contributed by atoms with Crippen LogP contribution in [0.1, 0.15) is 29.8 Å². The molecule has 1 aromatic heterocycles. The van der Waals surface area contributed by atoms with Gasteiger partial charge in [-0.25, -0.2) is 0 Å². The Hall–Kier alpha value is -1.87. The van der Waals surface area contributed by atoms with Gasteiger partial charge >= 0.3 is 0 Å². The minimum atomic E-state index is -0.202. The summed E-state index contributed by atoms with van der Waals surface area (Å²) in [6.45, 7) is 4.71. The lowest BCUT2D eigenvalue weighted by Crippen LogP contribution is -2.36. The van der Waals surface area contributed by atoms with Gasteiger partial charge in [0.25, 0.3) is 5.91 Å². The Morgan fingerprint density at radius 1 is 1.25 bits per heavy atom. The van der Waals surface area contributed by atoms with Crippen molar-refractivity contribution < 1.29 is 4.79 Å². The van der Waals surface area contributed by atoms with Crippen LogP contribution in [0, 0.1) is 0 Å². The Kier molecular flexibility index (Phi) is 4.40. The summed E-state index contributed by atoms with van der Waals surface area (Å²) in [7, 11) is 0. The van der Waals surface area contributed by atoms with E-state index in [1.165, 1.54) is 11.8 Å². The number of aromatic nitrogens is 1. The summed E-state index contributed by atoms with van der Waals surface area (Å²) < 4.78 is 0. The van der Waals surface area contributed by atoms with Gasteiger partial charge in [0.1, 0.15) is 0 Å². The van der Waals surface area contributed by atoms with E-state index in [1.54, 1.807) is 12.3 Å². The first-order valence-electron chi connectivity index (χ1n) is 6.44. The molecule has 2 aromatic rings. The lowest BCUT2D eigenvalue weighted by molar-refractivity contribution is 0.0945. The molecule has 1 aromatic carbocycles. The maximum absolute atomic E-state index is 12.1. The Bertz CT molecular complexity index is 596. The largest absolute Gasteiger partial charge is 0.351 e. The van der Waals surface area contributed by atoms with Gasteiger partial charge in [-0.15, -0.1) is 0 Å². The van der Waals surface area contributed by atoms with Gasteiger partial charge in [0.05, 0.1) is 10.6 Å². The molecule has 2 rings (SSSR count). The van der Waals surface area contributed by atoms with Crippen molar-refractivity contribution in [3.63, 3.8) is 0 Å². The highest BCUT2D eigenvalue weighted by Gasteiger charge is 2.22. The summed E-state index contributed by atoms with van der Waals surface area (Å²) in [5, 5.41) is 3.33. The molecular weight excluding hydrogens is 272 g/mol. The molecule has 0 saturated carbocycles. The van der Waals surface area contributed by atoms with Gasteiger partial charge in [-0.2, -0.15) is 0 Å². The molecule has 0 bridgehead atoms. The number of pyridine rings is 1. The molecule has 20 heavy (non-hydrogen) atoms. The molecule has 0 aliphatic carbocycles. The van der Waals surface area contributed by atoms with Crippen molar-refractivity contribution in [3.05, 3.63) is 64.9 Å². The molecule has 104 valence electrons. The number of rotatable bonds is 4. The van der Waals surface area contributed by atoms with E-state index in [0.29, 0.717) is 17.1 Å². The fourth-order valence-corrected chi connectivity index (χ4v) is 2.12. The number of benzene rings is 1. The van der Waals surface area contributed by atoms with Crippen molar-refractivity contribution in [2.24, 2.45) is 0 Å². The molecule has 0 aliphatic rings. The van der Waals surface area contributed by atoms with E-state index >= 15 is 0 Å². The van der Waals surface area contributed by atoms with Crippen molar-refractivity contribution in [3.8, 4) is 0 Å². The molecule has 0 saturated heterocycles. The number of hydrogen-bond donors (Lipinski definition) is 1. The fourth-order valence-electron chi connectivity index (χ4n) is 1.93. The van der Waals surface area contributed by atoms with Crippen molar-refractivity contribution in [2.45, 2.75) is 19.3 Å². The first-order chi connectivity index (χ1) is 9.50. The number of hydrogen-bond acceptors (Lipinski definition) is 2. The van der Waals surface area contributed by atoms with E-state index < -0.39 is 0 Å². The van der Waals surface area contributed by atoms with Crippen LogP contribution in [0.5, 0.6) is 0 Å². The van der Waals surface area contributed by atoms with Crippen LogP contribution in [-0.2, 0) is 5.41 Å². The Morgan fingerprint density at radius 3 is 2.60 bits per heavy atom.